The molecule has 12 heteroatoms. The van der Waals surface area contributed by atoms with Crippen LogP contribution in [-0.2, 0) is 19.8 Å². The lowest BCUT2D eigenvalue weighted by molar-refractivity contribution is -0.421. The number of amidine groups is 1. The minimum absolute atomic E-state index is 0.176. The van der Waals surface area contributed by atoms with E-state index in [2.05, 4.69) is 4.99 Å². The van der Waals surface area contributed by atoms with E-state index in [0.717, 1.165) is 17.4 Å². The summed E-state index contributed by atoms with van der Waals surface area (Å²) in [4.78, 5) is 23.0. The number of amides is 1. The lowest BCUT2D eigenvalue weighted by Gasteiger charge is -2.34. The van der Waals surface area contributed by atoms with Gasteiger partial charge in [0.25, 0.3) is 5.91 Å². The molecule has 0 aromatic heterocycles. The summed E-state index contributed by atoms with van der Waals surface area (Å²) in [5, 5.41) is 9.14. The van der Waals surface area contributed by atoms with Crippen molar-refractivity contribution in [3.05, 3.63) is 41.1 Å². The van der Waals surface area contributed by atoms with Gasteiger partial charge in [0.2, 0.25) is 0 Å². The van der Waals surface area contributed by atoms with Crippen LogP contribution in [0.5, 0.6) is 0 Å². The molecule has 2 aliphatic rings. The number of nitrogens with zero attached hydrogens (tertiary/aromatic N) is 3. The van der Waals surface area contributed by atoms with Crippen LogP contribution in [0.3, 0.4) is 0 Å². The van der Waals surface area contributed by atoms with Gasteiger partial charge in [0.05, 0.1) is 17.9 Å². The van der Waals surface area contributed by atoms with Gasteiger partial charge >= 0.3 is 10.2 Å². The molecule has 2 aliphatic heterocycles. The number of nitrogens with two attached hydrogens (primary N) is 3. The molecule has 1 aromatic carbocycles. The zero-order valence-corrected chi connectivity index (χ0v) is 20.9. The maximum atomic E-state index is 13.0. The second-order valence-corrected chi connectivity index (χ2v) is 10.2. The van der Waals surface area contributed by atoms with Crippen molar-refractivity contribution in [3.8, 4) is 0 Å². The van der Waals surface area contributed by atoms with Crippen LogP contribution in [0.25, 0.3) is 11.6 Å². The van der Waals surface area contributed by atoms with Crippen LogP contribution in [0.15, 0.2) is 35.0 Å². The summed E-state index contributed by atoms with van der Waals surface area (Å²) < 4.78 is 27.5. The molecule has 0 aliphatic carbocycles. The number of carbonyl (C=O) groups excluding carboxylic acids is 1. The number of quaternary nitrogens is 1. The molecule has 0 saturated carbocycles. The maximum absolute atomic E-state index is 13.0. The number of allylic oxidation sites excluding steroid dienone is 1. The molecule has 3 rings (SSSR count). The van der Waals surface area contributed by atoms with E-state index in [-0.39, 0.29) is 24.1 Å². The smallest absolute Gasteiger partial charge is 0.373 e. The fourth-order valence-electron chi connectivity index (χ4n) is 3.80. The third-order valence-electron chi connectivity index (χ3n) is 5.73. The number of hydrogen-bond acceptors (Lipinski definition) is 8. The van der Waals surface area contributed by atoms with E-state index in [9.17, 15) is 13.2 Å². The summed E-state index contributed by atoms with van der Waals surface area (Å²) in [5.74, 6) is 0.200. The predicted octanol–water partition coefficient (Wildman–Crippen LogP) is 0.342. The average molecular weight is 505 g/mol. The highest BCUT2D eigenvalue weighted by Crippen LogP contribution is 2.30. The van der Waals surface area contributed by atoms with Crippen molar-refractivity contribution < 1.29 is 22.8 Å². The van der Waals surface area contributed by atoms with Gasteiger partial charge < -0.3 is 16.9 Å². The Labute approximate surface area is 206 Å². The number of nitrogens with one attached hydrogen (secondary N) is 1. The highest BCUT2D eigenvalue weighted by Gasteiger charge is 2.37. The zero-order chi connectivity index (χ0) is 25.6. The van der Waals surface area contributed by atoms with E-state index in [1.54, 1.807) is 24.3 Å². The van der Waals surface area contributed by atoms with Gasteiger partial charge in [-0.25, -0.2) is 14.8 Å². The van der Waals surface area contributed by atoms with Crippen molar-refractivity contribution in [2.24, 2.45) is 22.4 Å². The Hall–Kier alpha value is -2.90. The van der Waals surface area contributed by atoms with Crippen LogP contribution in [0.2, 0.25) is 0 Å². The van der Waals surface area contributed by atoms with E-state index in [0.29, 0.717) is 60.7 Å². The van der Waals surface area contributed by atoms with E-state index < -0.39 is 10.2 Å². The molecule has 0 unspecified atom stereocenters. The molecule has 0 atom stereocenters. The minimum atomic E-state index is -3.58. The van der Waals surface area contributed by atoms with Crippen LogP contribution < -0.4 is 16.2 Å². The lowest BCUT2D eigenvalue weighted by Crippen LogP contribution is -2.87. The molecule has 1 fully saturated rings. The van der Waals surface area contributed by atoms with Gasteiger partial charge in [-0.1, -0.05) is 19.1 Å². The summed E-state index contributed by atoms with van der Waals surface area (Å²) in [6, 6.07) is 5.26. The molecule has 0 radical (unpaired) electrons. The number of aliphatic imine (C=N–C) groups is 1. The standard InChI is InChI=1S/C23H33N7O4S/c1-3-7-30(34-4-2)23(31)19-8-18-6-5-17(9-21(18)28-22(26)10-19)20(12-25)13-27-35(32,33)29-14-16(11-24)15-29/h5-6,8-9,12-13,16,25,27H,3-4,7,10-11,14-15,24H2,1-2H3,(H2,26,28)/p+1/b20-13+,25-12?. The number of hydrogen-bond donors (Lipinski definition) is 4. The Morgan fingerprint density at radius 2 is 2.11 bits per heavy atom. The SMILES string of the molecule is CCCN(OCC)C(=O)C1=Cc2ccc(/C(C=N)=C/[NH2+]S(=O)(=O)N3CC(CN)C3)cc2N=C(N)C1. The maximum Gasteiger partial charge on any atom is 0.373 e. The van der Waals surface area contributed by atoms with Crippen LogP contribution >= 0.6 is 0 Å². The fraction of sp³-hybridized carbons (Fsp3) is 0.435. The first-order valence-corrected chi connectivity index (χ1v) is 13.1. The second kappa shape index (κ2) is 11.7. The lowest BCUT2D eigenvalue weighted by atomic mass is 10.0. The number of carbonyl (C=O) groups is 1. The Bertz CT molecular complexity index is 1150. The summed E-state index contributed by atoms with van der Waals surface area (Å²) in [5.41, 5.74) is 14.4. The molecule has 35 heavy (non-hydrogen) atoms. The van der Waals surface area contributed by atoms with E-state index in [1.165, 1.54) is 15.6 Å². The molecule has 0 spiro atoms. The fourth-order valence-corrected chi connectivity index (χ4v) is 5.13. The summed E-state index contributed by atoms with van der Waals surface area (Å²) in [7, 11) is -3.58. The van der Waals surface area contributed by atoms with Gasteiger partial charge in [-0.15, -0.1) is 0 Å². The van der Waals surface area contributed by atoms with Crippen LogP contribution in [0.1, 0.15) is 37.8 Å². The van der Waals surface area contributed by atoms with Crippen molar-refractivity contribution in [2.75, 3.05) is 32.8 Å². The van der Waals surface area contributed by atoms with E-state index in [4.69, 9.17) is 21.7 Å². The van der Waals surface area contributed by atoms with Crippen molar-refractivity contribution in [2.45, 2.75) is 26.7 Å². The summed E-state index contributed by atoms with van der Waals surface area (Å²) in [6.07, 6.45) is 5.16. The molecular weight excluding hydrogens is 470 g/mol. The number of rotatable bonds is 11. The molecule has 1 amide bonds. The van der Waals surface area contributed by atoms with Gasteiger partial charge in [0, 0.05) is 43.4 Å². The molecule has 1 saturated heterocycles. The van der Waals surface area contributed by atoms with Crippen molar-refractivity contribution in [3.63, 3.8) is 0 Å². The van der Waals surface area contributed by atoms with E-state index in [1.807, 2.05) is 13.8 Å². The zero-order valence-electron chi connectivity index (χ0n) is 20.1. The van der Waals surface area contributed by atoms with Gasteiger partial charge in [0.15, 0.2) is 0 Å². The molecule has 1 aromatic rings. The Morgan fingerprint density at radius 3 is 2.74 bits per heavy atom. The van der Waals surface area contributed by atoms with Gasteiger partial charge in [0.1, 0.15) is 12.0 Å². The third kappa shape index (κ3) is 6.41. The monoisotopic (exact) mass is 504 g/mol. The predicted molar refractivity (Wildman–Crippen MR) is 136 cm³/mol. The van der Waals surface area contributed by atoms with Gasteiger partial charge in [-0.3, -0.25) is 9.63 Å². The molecular formula is C23H34N7O4S+. The summed E-state index contributed by atoms with van der Waals surface area (Å²) in [6.45, 7) is 5.89. The Balaban J connectivity index is 1.85. The molecule has 0 bridgehead atoms. The molecule has 7 N–H and O–H groups in total. The van der Waals surface area contributed by atoms with E-state index >= 15 is 0 Å². The Morgan fingerprint density at radius 1 is 1.37 bits per heavy atom. The summed E-state index contributed by atoms with van der Waals surface area (Å²) >= 11 is 0. The Kier molecular flexibility index (Phi) is 8.92. The molecule has 11 nitrogen and oxygen atoms in total. The van der Waals surface area contributed by atoms with Crippen molar-refractivity contribution in [1.29, 1.82) is 5.41 Å². The van der Waals surface area contributed by atoms with Gasteiger partial charge in [-0.2, -0.15) is 12.7 Å². The third-order valence-corrected chi connectivity index (χ3v) is 7.23. The van der Waals surface area contributed by atoms with Gasteiger partial charge in [-0.05, 0) is 43.5 Å². The van der Waals surface area contributed by atoms with Crippen molar-refractivity contribution in [1.82, 2.24) is 9.37 Å². The normalized spacial score (nSPS) is 17.1. The first-order valence-electron chi connectivity index (χ1n) is 11.6. The first-order chi connectivity index (χ1) is 16.7. The highest BCUT2D eigenvalue weighted by molar-refractivity contribution is 7.82. The largest absolute Gasteiger partial charge is 0.387 e. The van der Waals surface area contributed by atoms with Crippen LogP contribution in [-0.4, -0.2) is 68.5 Å². The topological polar surface area (TPSA) is 172 Å². The number of fused-ring (bicyclic) bond motifs is 1. The first kappa shape index (κ1) is 26.7. The minimum Gasteiger partial charge on any atom is -0.387 e. The van der Waals surface area contributed by atoms with Crippen LogP contribution in [0.4, 0.5) is 5.69 Å². The van der Waals surface area contributed by atoms with Crippen molar-refractivity contribution >= 4 is 45.5 Å². The van der Waals surface area contributed by atoms with Crippen LogP contribution in [0, 0.1) is 11.3 Å². The number of hydroxylamine groups is 2. The quantitative estimate of drug-likeness (QED) is 0.250. The second-order valence-electron chi connectivity index (χ2n) is 8.41. The number of benzene rings is 1. The molecule has 2 heterocycles. The average Bonchev–Trinajstić information content (AvgIpc) is 2.95. The molecule has 190 valence electrons. The highest BCUT2D eigenvalue weighted by atomic mass is 32.2.